The number of nitrogens with zero attached hydrogens (tertiary/aromatic N) is 2. The van der Waals surface area contributed by atoms with Gasteiger partial charge in [-0.15, -0.1) is 24.0 Å². The number of halogens is 1. The second kappa shape index (κ2) is 15.0. The first kappa shape index (κ1) is 24.9. The van der Waals surface area contributed by atoms with Gasteiger partial charge in [0.1, 0.15) is 0 Å². The van der Waals surface area contributed by atoms with Crippen LogP contribution in [0.5, 0.6) is 0 Å². The maximum atomic E-state index is 5.16. The molecule has 1 fully saturated rings. The van der Waals surface area contributed by atoms with E-state index in [9.17, 15) is 0 Å². The first-order chi connectivity index (χ1) is 11.5. The van der Waals surface area contributed by atoms with Gasteiger partial charge >= 0.3 is 0 Å². The minimum absolute atomic E-state index is 0. The zero-order valence-corrected chi connectivity index (χ0v) is 19.3. The molecule has 6 heteroatoms. The van der Waals surface area contributed by atoms with Gasteiger partial charge in [-0.25, -0.2) is 0 Å². The fourth-order valence-corrected chi connectivity index (χ4v) is 3.21. The fourth-order valence-electron chi connectivity index (χ4n) is 3.21. The van der Waals surface area contributed by atoms with Crippen LogP contribution in [0.1, 0.15) is 52.9 Å². The SMILES string of the molecule is CN=C(NCC1CCN(CCOC)CC1)NC(C)CCCC(C)C.I. The van der Waals surface area contributed by atoms with Crippen molar-refractivity contribution in [2.75, 3.05) is 46.9 Å². The molecule has 5 nitrogen and oxygen atoms in total. The molecule has 1 unspecified atom stereocenters. The molecule has 1 aliphatic heterocycles. The first-order valence-corrected chi connectivity index (χ1v) is 9.73. The minimum atomic E-state index is 0. The van der Waals surface area contributed by atoms with E-state index in [1.165, 1.54) is 45.2 Å². The predicted octanol–water partition coefficient (Wildman–Crippen LogP) is 3.34. The quantitative estimate of drug-likeness (QED) is 0.293. The summed E-state index contributed by atoms with van der Waals surface area (Å²) >= 11 is 0. The molecule has 0 aromatic carbocycles. The summed E-state index contributed by atoms with van der Waals surface area (Å²) in [5.74, 6) is 2.50. The summed E-state index contributed by atoms with van der Waals surface area (Å²) in [6.07, 6.45) is 6.31. The van der Waals surface area contributed by atoms with Crippen molar-refractivity contribution in [1.82, 2.24) is 15.5 Å². The van der Waals surface area contributed by atoms with Gasteiger partial charge in [-0.2, -0.15) is 0 Å². The van der Waals surface area contributed by atoms with Gasteiger partial charge in [-0.3, -0.25) is 4.99 Å². The second-order valence-corrected chi connectivity index (χ2v) is 7.60. The maximum absolute atomic E-state index is 5.16. The summed E-state index contributed by atoms with van der Waals surface area (Å²) in [6, 6.07) is 0.478. The third-order valence-corrected chi connectivity index (χ3v) is 4.90. The summed E-state index contributed by atoms with van der Waals surface area (Å²) in [6.45, 7) is 12.1. The molecular weight excluding hydrogens is 427 g/mol. The number of rotatable bonds is 10. The number of ether oxygens (including phenoxy) is 1. The maximum Gasteiger partial charge on any atom is 0.191 e. The van der Waals surface area contributed by atoms with Crippen LogP contribution in [0, 0.1) is 11.8 Å². The standard InChI is InChI=1S/C19H40N4O.HI/c1-16(2)7-6-8-17(3)22-19(20-4)21-15-18-9-11-23(12-10-18)13-14-24-5;/h16-18H,6-15H2,1-5H3,(H2,20,21,22);1H. The zero-order valence-electron chi connectivity index (χ0n) is 17.0. The van der Waals surface area contributed by atoms with Gasteiger partial charge in [0.25, 0.3) is 0 Å². The first-order valence-electron chi connectivity index (χ1n) is 9.73. The molecule has 2 N–H and O–H groups in total. The molecule has 0 aromatic heterocycles. The molecule has 0 amide bonds. The molecule has 1 atom stereocenters. The lowest BCUT2D eigenvalue weighted by atomic mass is 9.97. The van der Waals surface area contributed by atoms with E-state index in [2.05, 4.69) is 41.3 Å². The van der Waals surface area contributed by atoms with Crippen molar-refractivity contribution >= 4 is 29.9 Å². The van der Waals surface area contributed by atoms with Crippen LogP contribution in [0.2, 0.25) is 0 Å². The molecule has 0 aliphatic carbocycles. The zero-order chi connectivity index (χ0) is 17.8. The molecule has 1 heterocycles. The van der Waals surface area contributed by atoms with Crippen LogP contribution in [0.4, 0.5) is 0 Å². The number of hydrogen-bond donors (Lipinski definition) is 2. The van der Waals surface area contributed by atoms with Gasteiger partial charge in [0, 0.05) is 33.3 Å². The second-order valence-electron chi connectivity index (χ2n) is 7.60. The molecule has 0 radical (unpaired) electrons. The summed E-state index contributed by atoms with van der Waals surface area (Å²) in [7, 11) is 3.64. The molecule has 0 saturated carbocycles. The highest BCUT2D eigenvalue weighted by Gasteiger charge is 2.19. The third kappa shape index (κ3) is 12.0. The number of aliphatic imine (C=N–C) groups is 1. The van der Waals surface area contributed by atoms with Gasteiger partial charge in [0.05, 0.1) is 6.61 Å². The third-order valence-electron chi connectivity index (χ3n) is 4.90. The highest BCUT2D eigenvalue weighted by Crippen LogP contribution is 2.16. The lowest BCUT2D eigenvalue weighted by Gasteiger charge is -2.32. The van der Waals surface area contributed by atoms with Crippen LogP contribution in [0.3, 0.4) is 0 Å². The summed E-state index contributed by atoms with van der Waals surface area (Å²) in [5, 5.41) is 7.05. The van der Waals surface area contributed by atoms with Crippen LogP contribution >= 0.6 is 24.0 Å². The summed E-state index contributed by atoms with van der Waals surface area (Å²) in [4.78, 5) is 6.88. The highest BCUT2D eigenvalue weighted by molar-refractivity contribution is 14.0. The molecule has 1 saturated heterocycles. The number of guanidine groups is 1. The van der Waals surface area contributed by atoms with Crippen molar-refractivity contribution in [3.63, 3.8) is 0 Å². The monoisotopic (exact) mass is 468 g/mol. The average molecular weight is 468 g/mol. The van der Waals surface area contributed by atoms with Gasteiger partial charge < -0.3 is 20.3 Å². The molecule has 1 aliphatic rings. The molecular formula is C19H41IN4O. The molecule has 0 aromatic rings. The normalized spacial score (nSPS) is 18.1. The molecule has 0 bridgehead atoms. The van der Waals surface area contributed by atoms with Gasteiger partial charge in [0.2, 0.25) is 0 Å². The Bertz CT molecular complexity index is 344. The van der Waals surface area contributed by atoms with E-state index >= 15 is 0 Å². The number of nitrogens with one attached hydrogen (secondary N) is 2. The van der Waals surface area contributed by atoms with Crippen molar-refractivity contribution < 1.29 is 4.74 Å². The summed E-state index contributed by atoms with van der Waals surface area (Å²) in [5.41, 5.74) is 0. The molecule has 1 rings (SSSR count). The predicted molar refractivity (Wildman–Crippen MR) is 119 cm³/mol. The fraction of sp³-hybridized carbons (Fsp3) is 0.947. The molecule has 0 spiro atoms. The van der Waals surface area contributed by atoms with Gasteiger partial charge in [0.15, 0.2) is 5.96 Å². The van der Waals surface area contributed by atoms with Gasteiger partial charge in [-0.05, 0) is 51.1 Å². The van der Waals surface area contributed by atoms with Crippen molar-refractivity contribution in [2.45, 2.75) is 58.9 Å². The van der Waals surface area contributed by atoms with E-state index in [1.807, 2.05) is 7.05 Å². The Balaban J connectivity index is 0.00000576. The van der Waals surface area contributed by atoms with Crippen molar-refractivity contribution in [2.24, 2.45) is 16.8 Å². The van der Waals surface area contributed by atoms with E-state index < -0.39 is 0 Å². The Kier molecular flexibility index (Phi) is 15.0. The Morgan fingerprint density at radius 2 is 1.88 bits per heavy atom. The van der Waals surface area contributed by atoms with Crippen LogP contribution < -0.4 is 10.6 Å². The van der Waals surface area contributed by atoms with Crippen molar-refractivity contribution in [3.8, 4) is 0 Å². The van der Waals surface area contributed by atoms with E-state index in [0.29, 0.717) is 6.04 Å². The molecule has 150 valence electrons. The number of likely N-dealkylation sites (tertiary alicyclic amines) is 1. The van der Waals surface area contributed by atoms with E-state index in [1.54, 1.807) is 7.11 Å². The largest absolute Gasteiger partial charge is 0.383 e. The Labute approximate surface area is 172 Å². The summed E-state index contributed by atoms with van der Waals surface area (Å²) < 4.78 is 5.16. The molecule has 25 heavy (non-hydrogen) atoms. The van der Waals surface area contributed by atoms with Crippen molar-refractivity contribution in [3.05, 3.63) is 0 Å². The Morgan fingerprint density at radius 1 is 1.20 bits per heavy atom. The van der Waals surface area contributed by atoms with Crippen LogP contribution in [0.25, 0.3) is 0 Å². The number of methoxy groups -OCH3 is 1. The number of hydrogen-bond acceptors (Lipinski definition) is 3. The van der Waals surface area contributed by atoms with Gasteiger partial charge in [-0.1, -0.05) is 26.7 Å². The average Bonchev–Trinajstić information content (AvgIpc) is 2.57. The van der Waals surface area contributed by atoms with E-state index in [0.717, 1.165) is 37.5 Å². The Hall–Kier alpha value is -0.0800. The topological polar surface area (TPSA) is 48.9 Å². The lowest BCUT2D eigenvalue weighted by Crippen LogP contribution is -2.45. The van der Waals surface area contributed by atoms with Crippen molar-refractivity contribution in [1.29, 1.82) is 0 Å². The van der Waals surface area contributed by atoms with E-state index in [-0.39, 0.29) is 24.0 Å². The van der Waals surface area contributed by atoms with E-state index in [4.69, 9.17) is 4.74 Å². The highest BCUT2D eigenvalue weighted by atomic mass is 127. The Morgan fingerprint density at radius 3 is 2.44 bits per heavy atom. The minimum Gasteiger partial charge on any atom is -0.383 e. The lowest BCUT2D eigenvalue weighted by molar-refractivity contribution is 0.121. The van der Waals surface area contributed by atoms with Crippen LogP contribution in [-0.2, 0) is 4.74 Å². The van der Waals surface area contributed by atoms with Crippen LogP contribution in [-0.4, -0.2) is 63.8 Å². The van der Waals surface area contributed by atoms with Crippen LogP contribution in [0.15, 0.2) is 4.99 Å². The number of piperidine rings is 1. The smallest absolute Gasteiger partial charge is 0.191 e.